The molecule has 2 heterocycles. The molecule has 0 aromatic carbocycles. The molecule has 120 valence electrons. The van der Waals surface area contributed by atoms with Crippen LogP contribution in [0.5, 0.6) is 5.88 Å². The first-order chi connectivity index (χ1) is 10.5. The first-order valence-electron chi connectivity index (χ1n) is 7.42. The molecule has 22 heavy (non-hydrogen) atoms. The Morgan fingerprint density at radius 3 is 2.95 bits per heavy atom. The largest absolute Gasteiger partial charge is 0.474 e. The van der Waals surface area contributed by atoms with Crippen molar-refractivity contribution in [2.24, 2.45) is 11.8 Å². The second-order valence-electron chi connectivity index (χ2n) is 5.77. The van der Waals surface area contributed by atoms with E-state index >= 15 is 0 Å². The van der Waals surface area contributed by atoms with Gasteiger partial charge in [0.2, 0.25) is 11.8 Å². The van der Waals surface area contributed by atoms with Gasteiger partial charge in [-0.2, -0.15) is 13.2 Å². The Morgan fingerprint density at radius 1 is 1.36 bits per heavy atom. The molecule has 0 bridgehead atoms. The molecule has 0 radical (unpaired) electrons. The van der Waals surface area contributed by atoms with Crippen LogP contribution in [0.4, 0.5) is 18.9 Å². The Hall–Kier alpha value is -1.79. The molecule has 2 aliphatic rings. The number of nitrogens with zero attached hydrogens (tertiary/aromatic N) is 2. The lowest BCUT2D eigenvalue weighted by atomic mass is 9.80. The molecule has 1 saturated carbocycles. The van der Waals surface area contributed by atoms with Crippen LogP contribution in [-0.4, -0.2) is 30.2 Å². The number of carbonyl (C=O) groups is 1. The van der Waals surface area contributed by atoms with Crippen LogP contribution in [0, 0.1) is 11.8 Å². The number of fused-ring (bicyclic) bond motifs is 1. The molecule has 0 saturated heterocycles. The van der Waals surface area contributed by atoms with Gasteiger partial charge in [0.25, 0.3) is 0 Å². The number of aromatic nitrogens is 1. The van der Waals surface area contributed by atoms with Crippen molar-refractivity contribution < 1.29 is 22.7 Å². The van der Waals surface area contributed by atoms with Crippen LogP contribution < -0.4 is 9.64 Å². The summed E-state index contributed by atoms with van der Waals surface area (Å²) in [7, 11) is 0. The Labute approximate surface area is 126 Å². The molecule has 4 nitrogen and oxygen atoms in total. The Kier molecular flexibility index (Phi) is 3.97. The minimum absolute atomic E-state index is 0.116. The topological polar surface area (TPSA) is 42.4 Å². The van der Waals surface area contributed by atoms with Gasteiger partial charge in [-0.05, 0) is 31.4 Å². The normalized spacial score (nSPS) is 25.3. The Balaban J connectivity index is 1.77. The maximum Gasteiger partial charge on any atom is 0.391 e. The molecule has 1 aromatic heterocycles. The number of alkyl halides is 3. The number of amides is 1. The summed E-state index contributed by atoms with van der Waals surface area (Å²) in [4.78, 5) is 18.2. The highest BCUT2D eigenvalue weighted by atomic mass is 19.4. The summed E-state index contributed by atoms with van der Waals surface area (Å²) in [6, 6.07) is 3.40. The number of anilines is 1. The van der Waals surface area contributed by atoms with Gasteiger partial charge in [0, 0.05) is 12.1 Å². The number of hydrogen-bond donors (Lipinski definition) is 0. The van der Waals surface area contributed by atoms with Crippen molar-refractivity contribution in [1.82, 2.24) is 4.98 Å². The predicted octanol–water partition coefficient (Wildman–Crippen LogP) is 3.18. The first kappa shape index (κ1) is 15.1. The molecule has 1 fully saturated rings. The summed E-state index contributed by atoms with van der Waals surface area (Å²) in [6.45, 7) is 0.663. The zero-order chi connectivity index (χ0) is 15.7. The van der Waals surface area contributed by atoms with Crippen LogP contribution in [0.1, 0.15) is 25.7 Å². The zero-order valence-corrected chi connectivity index (χ0v) is 12.0. The average molecular weight is 314 g/mol. The summed E-state index contributed by atoms with van der Waals surface area (Å²) in [5.41, 5.74) is 0.549. The molecule has 2 atom stereocenters. The maximum atomic E-state index is 12.9. The minimum atomic E-state index is -4.22. The van der Waals surface area contributed by atoms with Gasteiger partial charge >= 0.3 is 6.18 Å². The third-order valence-corrected chi connectivity index (χ3v) is 4.35. The average Bonchev–Trinajstić information content (AvgIpc) is 2.53. The minimum Gasteiger partial charge on any atom is -0.474 e. The number of hydrogen-bond acceptors (Lipinski definition) is 3. The van der Waals surface area contributed by atoms with Gasteiger partial charge in [-0.3, -0.25) is 4.79 Å². The molecule has 1 aliphatic carbocycles. The van der Waals surface area contributed by atoms with Crippen LogP contribution in [-0.2, 0) is 4.79 Å². The molecular weight excluding hydrogens is 297 g/mol. The molecule has 1 amide bonds. The molecular formula is C15H17F3N2O2. The van der Waals surface area contributed by atoms with E-state index in [1.165, 1.54) is 4.90 Å². The second-order valence-corrected chi connectivity index (χ2v) is 5.77. The second kappa shape index (κ2) is 5.78. The lowest BCUT2D eigenvalue weighted by Crippen LogP contribution is -2.44. The molecule has 7 heteroatoms. The first-order valence-corrected chi connectivity index (χ1v) is 7.42. The van der Waals surface area contributed by atoms with E-state index in [1.54, 1.807) is 18.3 Å². The van der Waals surface area contributed by atoms with Crippen LogP contribution in [0.25, 0.3) is 0 Å². The summed E-state index contributed by atoms with van der Waals surface area (Å²) >= 11 is 0. The summed E-state index contributed by atoms with van der Waals surface area (Å²) in [5, 5.41) is 0. The fourth-order valence-electron chi connectivity index (χ4n) is 3.21. The summed E-state index contributed by atoms with van der Waals surface area (Å²) in [6.07, 6.45) is -1.70. The summed E-state index contributed by atoms with van der Waals surface area (Å²) < 4.78 is 44.1. The van der Waals surface area contributed by atoms with Crippen LogP contribution in [0.15, 0.2) is 18.3 Å². The van der Waals surface area contributed by atoms with Crippen LogP contribution in [0.2, 0.25) is 0 Å². The number of halogens is 3. The fraction of sp³-hybridized carbons (Fsp3) is 0.600. The number of pyridine rings is 1. The van der Waals surface area contributed by atoms with E-state index in [1.807, 2.05) is 0 Å². The predicted molar refractivity (Wildman–Crippen MR) is 73.6 cm³/mol. The molecule has 0 spiro atoms. The quantitative estimate of drug-likeness (QED) is 0.799. The lowest BCUT2D eigenvalue weighted by molar-refractivity contribution is -0.186. The van der Waals surface area contributed by atoms with E-state index in [0.717, 1.165) is 0 Å². The zero-order valence-electron chi connectivity index (χ0n) is 12.0. The standard InChI is InChI=1S/C15H17F3N2O2/c16-15(17,18)11-4-1-3-10(9-11)14(21)20-7-8-22-13-12(20)5-2-6-19-13/h2,5-6,10-11H,1,3-4,7-9H2/t10-,11+/m0/s1. The number of rotatable bonds is 1. The van der Waals surface area contributed by atoms with Crippen molar-refractivity contribution >= 4 is 11.6 Å². The van der Waals surface area contributed by atoms with Gasteiger partial charge in [-0.1, -0.05) is 6.42 Å². The third kappa shape index (κ3) is 2.89. The smallest absolute Gasteiger partial charge is 0.391 e. The van der Waals surface area contributed by atoms with Gasteiger partial charge in [-0.15, -0.1) is 0 Å². The number of ether oxygens (including phenoxy) is 1. The Bertz CT molecular complexity index is 562. The number of carbonyl (C=O) groups excluding carboxylic acids is 1. The lowest BCUT2D eigenvalue weighted by Gasteiger charge is -2.35. The van der Waals surface area contributed by atoms with E-state index in [2.05, 4.69) is 4.98 Å². The van der Waals surface area contributed by atoms with Crippen molar-refractivity contribution in [3.05, 3.63) is 18.3 Å². The SMILES string of the molecule is O=C([C@H]1CCC[C@@H](C(F)(F)F)C1)N1CCOc2ncccc21. The van der Waals surface area contributed by atoms with E-state index < -0.39 is 18.0 Å². The highest BCUT2D eigenvalue weighted by Gasteiger charge is 2.44. The van der Waals surface area contributed by atoms with Gasteiger partial charge in [-0.25, -0.2) is 4.98 Å². The molecule has 3 rings (SSSR count). The van der Waals surface area contributed by atoms with Gasteiger partial charge in [0.05, 0.1) is 12.5 Å². The fourth-order valence-corrected chi connectivity index (χ4v) is 3.21. The maximum absolute atomic E-state index is 12.9. The van der Waals surface area contributed by atoms with Crippen molar-refractivity contribution in [2.45, 2.75) is 31.9 Å². The van der Waals surface area contributed by atoms with E-state index in [-0.39, 0.29) is 18.7 Å². The van der Waals surface area contributed by atoms with Crippen LogP contribution in [0.3, 0.4) is 0 Å². The van der Waals surface area contributed by atoms with E-state index in [9.17, 15) is 18.0 Å². The molecule has 1 aliphatic heterocycles. The van der Waals surface area contributed by atoms with Gasteiger partial charge in [0.15, 0.2) is 0 Å². The van der Waals surface area contributed by atoms with Crippen molar-refractivity contribution in [2.75, 3.05) is 18.1 Å². The molecule has 0 N–H and O–H groups in total. The molecule has 0 unspecified atom stereocenters. The van der Waals surface area contributed by atoms with E-state index in [4.69, 9.17) is 4.74 Å². The highest BCUT2D eigenvalue weighted by molar-refractivity contribution is 5.96. The monoisotopic (exact) mass is 314 g/mol. The Morgan fingerprint density at radius 2 is 2.18 bits per heavy atom. The van der Waals surface area contributed by atoms with Crippen molar-refractivity contribution in [3.63, 3.8) is 0 Å². The summed E-state index contributed by atoms with van der Waals surface area (Å²) in [5.74, 6) is -1.83. The third-order valence-electron chi connectivity index (χ3n) is 4.35. The van der Waals surface area contributed by atoms with Gasteiger partial charge in [0.1, 0.15) is 12.3 Å². The van der Waals surface area contributed by atoms with E-state index in [0.29, 0.717) is 37.6 Å². The van der Waals surface area contributed by atoms with Crippen LogP contribution >= 0.6 is 0 Å². The van der Waals surface area contributed by atoms with Crippen molar-refractivity contribution in [1.29, 1.82) is 0 Å². The molecule has 1 aromatic rings. The van der Waals surface area contributed by atoms with Gasteiger partial charge < -0.3 is 9.64 Å². The van der Waals surface area contributed by atoms with Crippen molar-refractivity contribution in [3.8, 4) is 5.88 Å². The highest BCUT2D eigenvalue weighted by Crippen LogP contribution is 2.41.